The number of guanidine groups is 1. The smallest absolute Gasteiger partial charge is 0.191 e. The number of benzene rings is 1. The van der Waals surface area contributed by atoms with Gasteiger partial charge in [-0.2, -0.15) is 0 Å². The summed E-state index contributed by atoms with van der Waals surface area (Å²) in [6.07, 6.45) is 6.23. The first-order valence-electron chi connectivity index (χ1n) is 10.3. The monoisotopic (exact) mass is 356 g/mol. The molecule has 0 bridgehead atoms. The van der Waals surface area contributed by atoms with E-state index in [1.807, 2.05) is 7.05 Å². The third-order valence-corrected chi connectivity index (χ3v) is 5.79. The minimum atomic E-state index is 0.430. The second-order valence-electron chi connectivity index (χ2n) is 8.70. The molecule has 0 atom stereocenters. The normalized spacial score (nSPS) is 21.0. The second kappa shape index (κ2) is 8.90. The molecule has 1 saturated heterocycles. The van der Waals surface area contributed by atoms with Crippen molar-refractivity contribution in [2.24, 2.45) is 16.3 Å². The summed E-state index contributed by atoms with van der Waals surface area (Å²) in [7, 11) is 1.89. The van der Waals surface area contributed by atoms with E-state index in [2.05, 4.69) is 64.7 Å². The van der Waals surface area contributed by atoms with Crippen LogP contribution in [-0.2, 0) is 6.42 Å². The highest BCUT2D eigenvalue weighted by Gasteiger charge is 2.42. The highest BCUT2D eigenvalue weighted by atomic mass is 15.2. The van der Waals surface area contributed by atoms with Gasteiger partial charge in [0.1, 0.15) is 0 Å². The van der Waals surface area contributed by atoms with Gasteiger partial charge in [0.05, 0.1) is 0 Å². The Morgan fingerprint density at radius 1 is 1.19 bits per heavy atom. The summed E-state index contributed by atoms with van der Waals surface area (Å²) in [5.41, 5.74) is 1.88. The van der Waals surface area contributed by atoms with E-state index < -0.39 is 0 Å². The van der Waals surface area contributed by atoms with Crippen LogP contribution >= 0.6 is 0 Å². The molecule has 1 aromatic rings. The lowest BCUT2D eigenvalue weighted by atomic mass is 9.96. The number of rotatable bonds is 7. The largest absolute Gasteiger partial charge is 0.356 e. The molecule has 0 spiro atoms. The van der Waals surface area contributed by atoms with Gasteiger partial charge in [-0.15, -0.1) is 0 Å². The van der Waals surface area contributed by atoms with Crippen molar-refractivity contribution < 1.29 is 0 Å². The van der Waals surface area contributed by atoms with Gasteiger partial charge in [0.15, 0.2) is 5.96 Å². The van der Waals surface area contributed by atoms with Gasteiger partial charge in [-0.3, -0.25) is 4.99 Å². The number of aliphatic imine (C=N–C) groups is 1. The molecule has 1 aromatic carbocycles. The Kier molecular flexibility index (Phi) is 6.58. The average molecular weight is 357 g/mol. The summed E-state index contributed by atoms with van der Waals surface area (Å²) in [5.74, 6) is 1.74. The number of hydrogen-bond acceptors (Lipinski definition) is 2. The van der Waals surface area contributed by atoms with Crippen LogP contribution in [0.25, 0.3) is 0 Å². The van der Waals surface area contributed by atoms with Gasteiger partial charge in [-0.05, 0) is 49.0 Å². The summed E-state index contributed by atoms with van der Waals surface area (Å²) in [6, 6.07) is 11.4. The minimum Gasteiger partial charge on any atom is -0.356 e. The predicted octanol–water partition coefficient (Wildman–Crippen LogP) is 3.29. The van der Waals surface area contributed by atoms with Gasteiger partial charge in [0.25, 0.3) is 0 Å². The van der Waals surface area contributed by atoms with Gasteiger partial charge >= 0.3 is 0 Å². The Labute approximate surface area is 159 Å². The molecule has 1 heterocycles. The lowest BCUT2D eigenvalue weighted by Crippen LogP contribution is -2.50. The summed E-state index contributed by atoms with van der Waals surface area (Å²) in [5, 5.41) is 7.26. The van der Waals surface area contributed by atoms with E-state index in [1.54, 1.807) is 0 Å². The summed E-state index contributed by atoms with van der Waals surface area (Å²) >= 11 is 0. The van der Waals surface area contributed by atoms with Gasteiger partial charge in [0.2, 0.25) is 0 Å². The summed E-state index contributed by atoms with van der Waals surface area (Å²) in [6.45, 7) is 9.25. The van der Waals surface area contributed by atoms with Crippen molar-refractivity contribution in [1.29, 1.82) is 0 Å². The maximum Gasteiger partial charge on any atom is 0.191 e. The van der Waals surface area contributed by atoms with E-state index in [0.29, 0.717) is 11.5 Å². The van der Waals surface area contributed by atoms with Crippen molar-refractivity contribution in [2.45, 2.75) is 52.0 Å². The number of piperidine rings is 1. The number of hydrogen-bond donors (Lipinski definition) is 2. The van der Waals surface area contributed by atoms with Crippen LogP contribution in [0.15, 0.2) is 35.3 Å². The molecule has 1 saturated carbocycles. The van der Waals surface area contributed by atoms with Gasteiger partial charge in [0, 0.05) is 39.3 Å². The van der Waals surface area contributed by atoms with Gasteiger partial charge < -0.3 is 15.5 Å². The molecule has 2 N–H and O–H groups in total. The summed E-state index contributed by atoms with van der Waals surface area (Å²) < 4.78 is 0. The second-order valence-corrected chi connectivity index (χ2v) is 8.70. The SMILES string of the molecule is CN=C(NCC1(Cc2ccccc2)CC1)NC1CCN(CC(C)C)CC1. The molecule has 2 fully saturated rings. The zero-order valence-electron chi connectivity index (χ0n) is 16.8. The molecule has 1 aliphatic heterocycles. The molecule has 0 amide bonds. The van der Waals surface area contributed by atoms with Crippen molar-refractivity contribution >= 4 is 5.96 Å². The highest BCUT2D eigenvalue weighted by molar-refractivity contribution is 5.80. The quantitative estimate of drug-likeness (QED) is 0.582. The van der Waals surface area contributed by atoms with Crippen LogP contribution in [-0.4, -0.2) is 50.1 Å². The van der Waals surface area contributed by atoms with E-state index >= 15 is 0 Å². The minimum absolute atomic E-state index is 0.430. The van der Waals surface area contributed by atoms with Crippen molar-refractivity contribution in [1.82, 2.24) is 15.5 Å². The van der Waals surface area contributed by atoms with E-state index in [4.69, 9.17) is 0 Å². The molecule has 4 heteroatoms. The third kappa shape index (κ3) is 5.73. The van der Waals surface area contributed by atoms with E-state index in [0.717, 1.165) is 18.4 Å². The van der Waals surface area contributed by atoms with Crippen molar-refractivity contribution in [3.8, 4) is 0 Å². The molecule has 1 aliphatic carbocycles. The van der Waals surface area contributed by atoms with Crippen LogP contribution in [0.3, 0.4) is 0 Å². The molecule has 0 aromatic heterocycles. The van der Waals surface area contributed by atoms with Crippen LogP contribution in [0, 0.1) is 11.3 Å². The average Bonchev–Trinajstić information content (AvgIpc) is 3.40. The Bertz CT molecular complexity index is 569. The van der Waals surface area contributed by atoms with E-state index in [9.17, 15) is 0 Å². The molecule has 0 radical (unpaired) electrons. The third-order valence-electron chi connectivity index (χ3n) is 5.79. The molecule has 3 rings (SSSR count). The first kappa shape index (κ1) is 19.2. The fraction of sp³-hybridized carbons (Fsp3) is 0.682. The van der Waals surface area contributed by atoms with Gasteiger partial charge in [-0.25, -0.2) is 0 Å². The van der Waals surface area contributed by atoms with Crippen LogP contribution in [0.4, 0.5) is 0 Å². The fourth-order valence-corrected chi connectivity index (χ4v) is 4.06. The van der Waals surface area contributed by atoms with Crippen LogP contribution in [0.2, 0.25) is 0 Å². The van der Waals surface area contributed by atoms with E-state index in [-0.39, 0.29) is 0 Å². The van der Waals surface area contributed by atoms with E-state index in [1.165, 1.54) is 57.3 Å². The van der Waals surface area contributed by atoms with Crippen LogP contribution in [0.1, 0.15) is 45.1 Å². The fourth-order valence-electron chi connectivity index (χ4n) is 4.06. The number of nitrogens with zero attached hydrogens (tertiary/aromatic N) is 2. The molecule has 4 nitrogen and oxygen atoms in total. The van der Waals surface area contributed by atoms with Gasteiger partial charge in [-0.1, -0.05) is 44.2 Å². The molecule has 144 valence electrons. The topological polar surface area (TPSA) is 39.7 Å². The lowest BCUT2D eigenvalue weighted by molar-refractivity contribution is 0.186. The van der Waals surface area contributed by atoms with Crippen molar-refractivity contribution in [2.75, 3.05) is 33.2 Å². The molecule has 2 aliphatic rings. The molecular weight excluding hydrogens is 320 g/mol. The summed E-state index contributed by atoms with van der Waals surface area (Å²) in [4.78, 5) is 7.06. The maximum atomic E-state index is 4.47. The zero-order chi connectivity index (χ0) is 18.4. The number of nitrogens with one attached hydrogen (secondary N) is 2. The van der Waals surface area contributed by atoms with Crippen LogP contribution < -0.4 is 10.6 Å². The molecule has 26 heavy (non-hydrogen) atoms. The highest BCUT2D eigenvalue weighted by Crippen LogP contribution is 2.47. The Hall–Kier alpha value is -1.55. The Morgan fingerprint density at radius 3 is 2.46 bits per heavy atom. The first-order valence-corrected chi connectivity index (χ1v) is 10.3. The standard InChI is InChI=1S/C22H36N4/c1-18(2)16-26-13-9-20(10-14-26)25-21(23-3)24-17-22(11-12-22)15-19-7-5-4-6-8-19/h4-8,18,20H,9-17H2,1-3H3,(H2,23,24,25). The Balaban J connectivity index is 1.41. The predicted molar refractivity (Wildman–Crippen MR) is 111 cm³/mol. The number of likely N-dealkylation sites (tertiary alicyclic amines) is 1. The zero-order valence-corrected chi connectivity index (χ0v) is 16.8. The Morgan fingerprint density at radius 2 is 1.88 bits per heavy atom. The molecule has 0 unspecified atom stereocenters. The van der Waals surface area contributed by atoms with Crippen LogP contribution in [0.5, 0.6) is 0 Å². The van der Waals surface area contributed by atoms with Crippen molar-refractivity contribution in [3.63, 3.8) is 0 Å². The van der Waals surface area contributed by atoms with Crippen molar-refractivity contribution in [3.05, 3.63) is 35.9 Å². The maximum absolute atomic E-state index is 4.47. The first-order chi connectivity index (χ1) is 12.6. The molecular formula is C22H36N4. The lowest BCUT2D eigenvalue weighted by Gasteiger charge is -2.34.